The third kappa shape index (κ3) is 2.82. The third-order valence-electron chi connectivity index (χ3n) is 4.94. The Labute approximate surface area is 167 Å². The molecular formula is C20H16Cl2N4O. The molecule has 0 fully saturated rings. The number of allylic oxidation sites excluding steroid dienone is 1. The zero-order valence-corrected chi connectivity index (χ0v) is 15.9. The Bertz CT molecular complexity index is 997. The van der Waals surface area contributed by atoms with Gasteiger partial charge in [-0.25, -0.2) is 5.01 Å². The van der Waals surface area contributed by atoms with E-state index < -0.39 is 12.1 Å². The van der Waals surface area contributed by atoms with Crippen molar-refractivity contribution in [1.82, 2.24) is 0 Å². The van der Waals surface area contributed by atoms with E-state index in [0.29, 0.717) is 15.6 Å². The van der Waals surface area contributed by atoms with Crippen molar-refractivity contribution in [2.45, 2.75) is 19.1 Å². The second kappa shape index (κ2) is 6.80. The first-order valence-electron chi connectivity index (χ1n) is 8.42. The number of hydrogen-bond acceptors (Lipinski definition) is 5. The lowest BCUT2D eigenvalue weighted by molar-refractivity contribution is 0.0662. The van der Waals surface area contributed by atoms with Gasteiger partial charge in [-0.1, -0.05) is 53.5 Å². The standard InChI is InChI=1S/C20H16Cl2N4O/c1-11-16-17(13-8-5-9-15(21)18(13)22)14(10-23)19(24)27-20(16)26(25-11)12-6-3-2-4-7-12/h2-9,16-17,20H,24H2,1H3/t16-,17+,20-/m1/s1. The Morgan fingerprint density at radius 1 is 1.15 bits per heavy atom. The maximum atomic E-state index is 9.75. The quantitative estimate of drug-likeness (QED) is 0.799. The predicted octanol–water partition coefficient (Wildman–Crippen LogP) is 4.64. The molecule has 2 aliphatic rings. The van der Waals surface area contributed by atoms with Gasteiger partial charge in [-0.05, 0) is 30.7 Å². The van der Waals surface area contributed by atoms with Gasteiger partial charge in [-0.15, -0.1) is 0 Å². The van der Waals surface area contributed by atoms with Gasteiger partial charge in [0.1, 0.15) is 6.07 Å². The monoisotopic (exact) mass is 398 g/mol. The van der Waals surface area contributed by atoms with E-state index in [9.17, 15) is 5.26 Å². The van der Waals surface area contributed by atoms with Gasteiger partial charge in [0, 0.05) is 11.6 Å². The Hall–Kier alpha value is -2.68. The van der Waals surface area contributed by atoms with E-state index in [0.717, 1.165) is 17.0 Å². The van der Waals surface area contributed by atoms with Crippen LogP contribution in [0.1, 0.15) is 18.4 Å². The highest BCUT2D eigenvalue weighted by molar-refractivity contribution is 6.42. The van der Waals surface area contributed by atoms with Crippen molar-refractivity contribution < 1.29 is 4.74 Å². The highest BCUT2D eigenvalue weighted by Gasteiger charge is 2.49. The van der Waals surface area contributed by atoms with Gasteiger partial charge in [-0.3, -0.25) is 0 Å². The van der Waals surface area contributed by atoms with Gasteiger partial charge < -0.3 is 10.5 Å². The van der Waals surface area contributed by atoms with Crippen LogP contribution in [-0.2, 0) is 4.74 Å². The summed E-state index contributed by atoms with van der Waals surface area (Å²) in [6.45, 7) is 1.92. The molecule has 0 saturated carbocycles. The fourth-order valence-electron chi connectivity index (χ4n) is 3.73. The SMILES string of the molecule is CC1=NN(c2ccccc2)[C@@H]2OC(N)=C(C#N)[C@H](c3cccc(Cl)c3Cl)[C@@H]12. The molecule has 3 atom stereocenters. The van der Waals surface area contributed by atoms with Crippen molar-refractivity contribution in [3.05, 3.63) is 75.6 Å². The molecule has 2 heterocycles. The summed E-state index contributed by atoms with van der Waals surface area (Å²) < 4.78 is 5.94. The molecule has 0 bridgehead atoms. The van der Waals surface area contributed by atoms with Crippen LogP contribution in [0, 0.1) is 17.2 Å². The fraction of sp³-hybridized carbons (Fsp3) is 0.200. The van der Waals surface area contributed by atoms with Gasteiger partial charge in [0.25, 0.3) is 0 Å². The molecule has 27 heavy (non-hydrogen) atoms. The molecule has 2 aromatic rings. The molecule has 0 saturated heterocycles. The lowest BCUT2D eigenvalue weighted by Crippen LogP contribution is -2.44. The normalized spacial score (nSPS) is 24.1. The molecule has 0 radical (unpaired) electrons. The van der Waals surface area contributed by atoms with Crippen molar-refractivity contribution in [2.75, 3.05) is 5.01 Å². The Kier molecular flexibility index (Phi) is 4.47. The topological polar surface area (TPSA) is 74.6 Å². The molecule has 0 spiro atoms. The van der Waals surface area contributed by atoms with E-state index in [-0.39, 0.29) is 11.8 Å². The minimum Gasteiger partial charge on any atom is -0.452 e. The Morgan fingerprint density at radius 2 is 1.89 bits per heavy atom. The second-order valence-corrected chi connectivity index (χ2v) is 7.25. The fourth-order valence-corrected chi connectivity index (χ4v) is 4.15. The molecule has 0 unspecified atom stereocenters. The minimum absolute atomic E-state index is 0.0885. The summed E-state index contributed by atoms with van der Waals surface area (Å²) in [6.07, 6.45) is -0.468. The highest BCUT2D eigenvalue weighted by atomic mass is 35.5. The lowest BCUT2D eigenvalue weighted by Gasteiger charge is -2.37. The lowest BCUT2D eigenvalue weighted by atomic mass is 9.76. The van der Waals surface area contributed by atoms with Crippen LogP contribution in [0.5, 0.6) is 0 Å². The molecule has 2 aromatic carbocycles. The summed E-state index contributed by atoms with van der Waals surface area (Å²) in [6, 6.07) is 17.3. The predicted molar refractivity (Wildman–Crippen MR) is 106 cm³/mol. The third-order valence-corrected chi connectivity index (χ3v) is 5.77. The van der Waals surface area contributed by atoms with Crippen molar-refractivity contribution in [3.8, 4) is 6.07 Å². The van der Waals surface area contributed by atoms with Crippen LogP contribution in [-0.4, -0.2) is 11.9 Å². The van der Waals surface area contributed by atoms with E-state index in [1.807, 2.05) is 49.4 Å². The number of para-hydroxylation sites is 1. The summed E-state index contributed by atoms with van der Waals surface area (Å²) in [5, 5.41) is 17.1. The number of rotatable bonds is 2. The van der Waals surface area contributed by atoms with Crippen LogP contribution >= 0.6 is 23.2 Å². The summed E-state index contributed by atoms with van der Waals surface area (Å²) >= 11 is 12.7. The molecule has 0 aromatic heterocycles. The van der Waals surface area contributed by atoms with Crippen molar-refractivity contribution >= 4 is 34.6 Å². The maximum absolute atomic E-state index is 9.75. The van der Waals surface area contributed by atoms with Crippen molar-refractivity contribution in [1.29, 1.82) is 5.26 Å². The van der Waals surface area contributed by atoms with Gasteiger partial charge in [0.05, 0.1) is 27.2 Å². The average molecular weight is 399 g/mol. The van der Waals surface area contributed by atoms with E-state index >= 15 is 0 Å². The number of ether oxygens (including phenoxy) is 1. The number of fused-ring (bicyclic) bond motifs is 1. The first kappa shape index (κ1) is 17.7. The summed E-state index contributed by atoms with van der Waals surface area (Å²) in [7, 11) is 0. The largest absolute Gasteiger partial charge is 0.452 e. The molecule has 0 aliphatic carbocycles. The van der Waals surface area contributed by atoms with E-state index in [1.54, 1.807) is 11.1 Å². The second-order valence-electron chi connectivity index (χ2n) is 6.47. The van der Waals surface area contributed by atoms with E-state index in [1.165, 1.54) is 0 Å². The summed E-state index contributed by atoms with van der Waals surface area (Å²) in [5.41, 5.74) is 8.93. The number of nitrogens with zero attached hydrogens (tertiary/aromatic N) is 3. The molecule has 2 N–H and O–H groups in total. The van der Waals surface area contributed by atoms with Gasteiger partial charge >= 0.3 is 0 Å². The molecule has 2 aliphatic heterocycles. The van der Waals surface area contributed by atoms with Gasteiger partial charge in [0.15, 0.2) is 0 Å². The zero-order chi connectivity index (χ0) is 19.1. The average Bonchev–Trinajstić information content (AvgIpc) is 3.00. The number of nitrogens with two attached hydrogens (primary N) is 1. The molecule has 5 nitrogen and oxygen atoms in total. The Balaban J connectivity index is 1.86. The molecule has 0 amide bonds. The first-order chi connectivity index (χ1) is 13.0. The number of nitriles is 1. The van der Waals surface area contributed by atoms with Crippen LogP contribution in [0.25, 0.3) is 0 Å². The summed E-state index contributed by atoms with van der Waals surface area (Å²) in [5.74, 6) is -0.522. The number of hydrogen-bond donors (Lipinski definition) is 1. The Morgan fingerprint density at radius 3 is 2.59 bits per heavy atom. The number of halogens is 2. The highest BCUT2D eigenvalue weighted by Crippen LogP contribution is 2.48. The number of anilines is 1. The van der Waals surface area contributed by atoms with Crippen LogP contribution in [0.3, 0.4) is 0 Å². The van der Waals surface area contributed by atoms with Gasteiger partial charge in [0.2, 0.25) is 12.1 Å². The molecule has 136 valence electrons. The molecular weight excluding hydrogens is 383 g/mol. The van der Waals surface area contributed by atoms with Crippen LogP contribution in [0.2, 0.25) is 10.0 Å². The molecule has 4 rings (SSSR count). The van der Waals surface area contributed by atoms with Crippen LogP contribution in [0.15, 0.2) is 65.1 Å². The number of hydrazone groups is 1. The molecule has 7 heteroatoms. The number of benzene rings is 2. The smallest absolute Gasteiger partial charge is 0.202 e. The van der Waals surface area contributed by atoms with Crippen LogP contribution < -0.4 is 10.7 Å². The zero-order valence-electron chi connectivity index (χ0n) is 14.4. The summed E-state index contributed by atoms with van der Waals surface area (Å²) in [4.78, 5) is 0. The van der Waals surface area contributed by atoms with Gasteiger partial charge in [-0.2, -0.15) is 10.4 Å². The first-order valence-corrected chi connectivity index (χ1v) is 9.18. The van der Waals surface area contributed by atoms with E-state index in [4.69, 9.17) is 38.8 Å². The van der Waals surface area contributed by atoms with Crippen LogP contribution in [0.4, 0.5) is 5.69 Å². The van der Waals surface area contributed by atoms with Crippen molar-refractivity contribution in [3.63, 3.8) is 0 Å². The van der Waals surface area contributed by atoms with E-state index in [2.05, 4.69) is 6.07 Å². The minimum atomic E-state index is -0.468. The van der Waals surface area contributed by atoms with Crippen molar-refractivity contribution in [2.24, 2.45) is 16.8 Å². The maximum Gasteiger partial charge on any atom is 0.202 e.